The molecule has 0 aromatic heterocycles. The molecule has 0 unspecified atom stereocenters. The fraction of sp³-hybridized carbons (Fsp3) is 0.143. The molecule has 2 nitrogen and oxygen atoms in total. The number of aliphatic hydroxyl groups excluding tert-OH is 1. The first-order valence-corrected chi connectivity index (χ1v) is 5.96. The molecule has 0 radical (unpaired) electrons. The SMILES string of the molecule is C[C@H](O)c1c(F)cccc1Oc1ccc(F)cc1Cl. The van der Waals surface area contributed by atoms with Gasteiger partial charge in [0.1, 0.15) is 23.1 Å². The predicted octanol–water partition coefficient (Wildman–Crippen LogP) is 4.46. The third kappa shape index (κ3) is 3.03. The van der Waals surface area contributed by atoms with Gasteiger partial charge in [-0.2, -0.15) is 0 Å². The lowest BCUT2D eigenvalue weighted by Crippen LogP contribution is -2.00. The summed E-state index contributed by atoms with van der Waals surface area (Å²) in [5.41, 5.74) is 0.0305. The van der Waals surface area contributed by atoms with Crippen molar-refractivity contribution in [3.8, 4) is 11.5 Å². The predicted molar refractivity (Wildman–Crippen MR) is 68.5 cm³/mol. The Morgan fingerprint density at radius 1 is 1.16 bits per heavy atom. The standard InChI is InChI=1S/C14H11ClF2O2/c1-8(18)14-11(17)3-2-4-13(14)19-12-6-5-9(16)7-10(12)15/h2-8,18H,1H3/t8-/m0/s1. The molecule has 0 fully saturated rings. The van der Waals surface area contributed by atoms with Gasteiger partial charge in [0.15, 0.2) is 0 Å². The van der Waals surface area contributed by atoms with Crippen LogP contribution in [0.25, 0.3) is 0 Å². The molecule has 2 rings (SSSR count). The quantitative estimate of drug-likeness (QED) is 0.901. The van der Waals surface area contributed by atoms with E-state index < -0.39 is 17.7 Å². The van der Waals surface area contributed by atoms with Gasteiger partial charge in [-0.05, 0) is 37.3 Å². The van der Waals surface area contributed by atoms with Gasteiger partial charge in [0.25, 0.3) is 0 Å². The minimum absolute atomic E-state index is 0.0305. The summed E-state index contributed by atoms with van der Waals surface area (Å²) in [6.45, 7) is 1.43. The number of benzene rings is 2. The van der Waals surface area contributed by atoms with E-state index in [2.05, 4.69) is 0 Å². The topological polar surface area (TPSA) is 29.5 Å². The third-order valence-electron chi connectivity index (χ3n) is 2.54. The lowest BCUT2D eigenvalue weighted by Gasteiger charge is -2.14. The maximum Gasteiger partial charge on any atom is 0.146 e. The Morgan fingerprint density at radius 3 is 2.53 bits per heavy atom. The van der Waals surface area contributed by atoms with Crippen LogP contribution in [0.3, 0.4) is 0 Å². The zero-order valence-electron chi connectivity index (χ0n) is 10.0. The summed E-state index contributed by atoms with van der Waals surface area (Å²) in [5.74, 6) is -0.739. The van der Waals surface area contributed by atoms with Crippen molar-refractivity contribution >= 4 is 11.6 Å². The van der Waals surface area contributed by atoms with E-state index >= 15 is 0 Å². The minimum atomic E-state index is -1.03. The van der Waals surface area contributed by atoms with Crippen molar-refractivity contribution in [2.45, 2.75) is 13.0 Å². The van der Waals surface area contributed by atoms with Gasteiger partial charge in [-0.15, -0.1) is 0 Å². The second kappa shape index (κ2) is 5.55. The fourth-order valence-electron chi connectivity index (χ4n) is 1.69. The highest BCUT2D eigenvalue weighted by Crippen LogP contribution is 2.35. The molecular formula is C14H11ClF2O2. The lowest BCUT2D eigenvalue weighted by molar-refractivity contribution is 0.190. The number of halogens is 3. The second-order valence-corrected chi connectivity index (χ2v) is 4.41. The van der Waals surface area contributed by atoms with Gasteiger partial charge in [0.05, 0.1) is 16.7 Å². The van der Waals surface area contributed by atoms with E-state index in [0.29, 0.717) is 0 Å². The summed E-state index contributed by atoms with van der Waals surface area (Å²) in [5, 5.41) is 9.63. The molecule has 1 atom stereocenters. The Morgan fingerprint density at radius 2 is 1.89 bits per heavy atom. The monoisotopic (exact) mass is 284 g/mol. The largest absolute Gasteiger partial charge is 0.455 e. The highest BCUT2D eigenvalue weighted by molar-refractivity contribution is 6.32. The van der Waals surface area contributed by atoms with Gasteiger partial charge < -0.3 is 9.84 Å². The van der Waals surface area contributed by atoms with E-state index in [0.717, 1.165) is 6.07 Å². The highest BCUT2D eigenvalue weighted by atomic mass is 35.5. The fourth-order valence-corrected chi connectivity index (χ4v) is 1.89. The summed E-state index contributed by atoms with van der Waals surface area (Å²) >= 11 is 5.83. The Balaban J connectivity index is 2.41. The van der Waals surface area contributed by atoms with Crippen LogP contribution in [0.5, 0.6) is 11.5 Å². The molecule has 1 N–H and O–H groups in total. The van der Waals surface area contributed by atoms with E-state index in [1.54, 1.807) is 0 Å². The van der Waals surface area contributed by atoms with Crippen LogP contribution in [0.1, 0.15) is 18.6 Å². The molecule has 2 aromatic rings. The van der Waals surface area contributed by atoms with Crippen molar-refractivity contribution in [2.24, 2.45) is 0 Å². The summed E-state index contributed by atoms with van der Waals surface area (Å²) in [6.07, 6.45) is -1.03. The molecule has 0 aliphatic carbocycles. The summed E-state index contributed by atoms with van der Waals surface area (Å²) < 4.78 is 32.0. The first kappa shape index (κ1) is 13.8. The van der Waals surface area contributed by atoms with Crippen LogP contribution in [-0.4, -0.2) is 5.11 Å². The molecule has 0 heterocycles. The number of aliphatic hydroxyl groups is 1. The van der Waals surface area contributed by atoms with Crippen molar-refractivity contribution < 1.29 is 18.6 Å². The van der Waals surface area contributed by atoms with E-state index in [-0.39, 0.29) is 22.1 Å². The van der Waals surface area contributed by atoms with Crippen LogP contribution < -0.4 is 4.74 Å². The van der Waals surface area contributed by atoms with Gasteiger partial charge in [0.2, 0.25) is 0 Å². The maximum absolute atomic E-state index is 13.6. The van der Waals surface area contributed by atoms with Crippen LogP contribution in [0.4, 0.5) is 8.78 Å². The molecule has 0 bridgehead atoms. The van der Waals surface area contributed by atoms with Crippen LogP contribution in [0.2, 0.25) is 5.02 Å². The van der Waals surface area contributed by atoms with E-state index in [1.807, 2.05) is 0 Å². The van der Waals surface area contributed by atoms with Gasteiger partial charge in [-0.1, -0.05) is 17.7 Å². The molecule has 0 amide bonds. The summed E-state index contributed by atoms with van der Waals surface area (Å²) in [6, 6.07) is 7.80. The average molecular weight is 285 g/mol. The first-order chi connectivity index (χ1) is 8.99. The van der Waals surface area contributed by atoms with Gasteiger partial charge in [-0.25, -0.2) is 8.78 Å². The third-order valence-corrected chi connectivity index (χ3v) is 2.84. The Kier molecular flexibility index (Phi) is 4.02. The molecule has 0 saturated carbocycles. The van der Waals surface area contributed by atoms with Crippen molar-refractivity contribution in [3.05, 3.63) is 58.6 Å². The van der Waals surface area contributed by atoms with Crippen molar-refractivity contribution in [3.63, 3.8) is 0 Å². The zero-order valence-corrected chi connectivity index (χ0v) is 10.8. The Bertz CT molecular complexity index is 600. The molecule has 2 aromatic carbocycles. The first-order valence-electron chi connectivity index (χ1n) is 5.58. The Hall–Kier alpha value is -1.65. The molecule has 19 heavy (non-hydrogen) atoms. The summed E-state index contributed by atoms with van der Waals surface area (Å²) in [4.78, 5) is 0. The number of ether oxygens (including phenoxy) is 1. The molecule has 100 valence electrons. The Labute approximate surface area is 114 Å². The summed E-state index contributed by atoms with van der Waals surface area (Å²) in [7, 11) is 0. The van der Waals surface area contributed by atoms with E-state index in [4.69, 9.17) is 16.3 Å². The highest BCUT2D eigenvalue weighted by Gasteiger charge is 2.16. The second-order valence-electron chi connectivity index (χ2n) is 4.00. The number of hydrogen-bond acceptors (Lipinski definition) is 2. The number of rotatable bonds is 3. The molecular weight excluding hydrogens is 274 g/mol. The van der Waals surface area contributed by atoms with Crippen molar-refractivity contribution in [1.29, 1.82) is 0 Å². The van der Waals surface area contributed by atoms with E-state index in [9.17, 15) is 13.9 Å². The smallest absolute Gasteiger partial charge is 0.146 e. The van der Waals surface area contributed by atoms with Crippen molar-refractivity contribution in [1.82, 2.24) is 0 Å². The van der Waals surface area contributed by atoms with Crippen LogP contribution >= 0.6 is 11.6 Å². The van der Waals surface area contributed by atoms with Gasteiger partial charge in [-0.3, -0.25) is 0 Å². The van der Waals surface area contributed by atoms with Crippen LogP contribution in [0, 0.1) is 11.6 Å². The van der Waals surface area contributed by atoms with Crippen LogP contribution in [0.15, 0.2) is 36.4 Å². The molecule has 0 saturated heterocycles. The number of hydrogen-bond donors (Lipinski definition) is 1. The maximum atomic E-state index is 13.6. The minimum Gasteiger partial charge on any atom is -0.455 e. The molecule has 0 aliphatic heterocycles. The molecule has 0 spiro atoms. The molecule has 0 aliphatic rings. The van der Waals surface area contributed by atoms with Gasteiger partial charge >= 0.3 is 0 Å². The average Bonchev–Trinajstić information content (AvgIpc) is 2.32. The normalized spacial score (nSPS) is 12.3. The lowest BCUT2D eigenvalue weighted by atomic mass is 10.1. The molecule has 5 heteroatoms. The van der Waals surface area contributed by atoms with Crippen LogP contribution in [-0.2, 0) is 0 Å². The zero-order chi connectivity index (χ0) is 14.0. The van der Waals surface area contributed by atoms with Crippen molar-refractivity contribution in [2.75, 3.05) is 0 Å². The van der Waals surface area contributed by atoms with Gasteiger partial charge in [0, 0.05) is 0 Å². The van der Waals surface area contributed by atoms with E-state index in [1.165, 1.54) is 37.3 Å².